The molecule has 1 heteroatoms. The van der Waals surface area contributed by atoms with E-state index in [1.807, 2.05) is 0 Å². The molecule has 9 heavy (non-hydrogen) atoms. The van der Waals surface area contributed by atoms with Gasteiger partial charge >= 0.3 is 0 Å². The van der Waals surface area contributed by atoms with Crippen molar-refractivity contribution in [3.63, 3.8) is 0 Å². The SMILES string of the molecule is IC#CC1=CC[CH]CC1. The molecule has 0 nitrogen and oxygen atoms in total. The summed E-state index contributed by atoms with van der Waals surface area (Å²) in [5, 5.41) is 0. The number of hydrogen-bond acceptors (Lipinski definition) is 0. The first-order chi connectivity index (χ1) is 4.43. The van der Waals surface area contributed by atoms with Crippen LogP contribution in [0.4, 0.5) is 0 Å². The molecule has 0 amide bonds. The molecule has 0 saturated carbocycles. The van der Waals surface area contributed by atoms with Crippen molar-refractivity contribution in [2.75, 3.05) is 0 Å². The second-order valence-corrected chi connectivity index (χ2v) is 2.55. The van der Waals surface area contributed by atoms with Crippen molar-refractivity contribution in [2.24, 2.45) is 0 Å². The van der Waals surface area contributed by atoms with Crippen molar-refractivity contribution in [3.8, 4) is 9.85 Å². The van der Waals surface area contributed by atoms with Gasteiger partial charge in [-0.15, -0.1) is 0 Å². The van der Waals surface area contributed by atoms with Gasteiger partial charge in [0.25, 0.3) is 0 Å². The largest absolute Gasteiger partial charge is 0.0726 e. The van der Waals surface area contributed by atoms with Crippen LogP contribution in [0.2, 0.25) is 0 Å². The summed E-state index contributed by atoms with van der Waals surface area (Å²) in [6, 6.07) is 0. The van der Waals surface area contributed by atoms with Gasteiger partial charge in [-0.2, -0.15) is 0 Å². The van der Waals surface area contributed by atoms with E-state index in [9.17, 15) is 0 Å². The Morgan fingerprint density at radius 1 is 1.56 bits per heavy atom. The van der Waals surface area contributed by atoms with Crippen LogP contribution in [0.5, 0.6) is 0 Å². The maximum Gasteiger partial charge on any atom is 0.0185 e. The summed E-state index contributed by atoms with van der Waals surface area (Å²) in [5.74, 6) is 3.06. The smallest absolute Gasteiger partial charge is 0.0185 e. The van der Waals surface area contributed by atoms with E-state index < -0.39 is 0 Å². The molecule has 47 valence electrons. The van der Waals surface area contributed by atoms with Gasteiger partial charge in [-0.25, -0.2) is 0 Å². The van der Waals surface area contributed by atoms with E-state index in [1.165, 1.54) is 12.0 Å². The Kier molecular flexibility index (Phi) is 3.13. The molecule has 0 aromatic carbocycles. The fourth-order valence-electron chi connectivity index (χ4n) is 0.877. The summed E-state index contributed by atoms with van der Waals surface area (Å²) in [6.45, 7) is 0. The van der Waals surface area contributed by atoms with Crippen LogP contribution in [0.15, 0.2) is 11.6 Å². The topological polar surface area (TPSA) is 0 Å². The maximum atomic E-state index is 3.06. The quantitative estimate of drug-likeness (QED) is 0.444. The van der Waals surface area contributed by atoms with Gasteiger partial charge in [-0.3, -0.25) is 0 Å². The van der Waals surface area contributed by atoms with E-state index in [4.69, 9.17) is 0 Å². The molecule has 1 aliphatic rings. The molecular weight excluding hydrogens is 223 g/mol. The molecular formula is C8H8I. The van der Waals surface area contributed by atoms with Gasteiger partial charge < -0.3 is 0 Å². The number of allylic oxidation sites excluding steroid dienone is 2. The third kappa shape index (κ3) is 2.40. The van der Waals surface area contributed by atoms with Gasteiger partial charge in [0.2, 0.25) is 0 Å². The highest BCUT2D eigenvalue weighted by Gasteiger charge is 1.98. The zero-order valence-corrected chi connectivity index (χ0v) is 7.31. The zero-order chi connectivity index (χ0) is 6.53. The van der Waals surface area contributed by atoms with Gasteiger partial charge in [-0.1, -0.05) is 12.0 Å². The number of halogens is 1. The number of rotatable bonds is 0. The lowest BCUT2D eigenvalue weighted by Gasteiger charge is -2.04. The Morgan fingerprint density at radius 3 is 3.00 bits per heavy atom. The molecule has 0 N–H and O–H groups in total. The molecule has 0 aromatic heterocycles. The zero-order valence-electron chi connectivity index (χ0n) is 5.15. The lowest BCUT2D eigenvalue weighted by molar-refractivity contribution is 0.868. The van der Waals surface area contributed by atoms with Gasteiger partial charge in [0, 0.05) is 22.6 Å². The van der Waals surface area contributed by atoms with Crippen LogP contribution < -0.4 is 0 Å². The molecule has 1 aliphatic carbocycles. The molecule has 0 spiro atoms. The van der Waals surface area contributed by atoms with Crippen molar-refractivity contribution >= 4 is 22.6 Å². The van der Waals surface area contributed by atoms with Crippen LogP contribution in [0.25, 0.3) is 0 Å². The molecule has 1 radical (unpaired) electrons. The summed E-state index contributed by atoms with van der Waals surface area (Å²) >= 11 is 2.08. The predicted octanol–water partition coefficient (Wildman–Crippen LogP) is 2.70. The first kappa shape index (κ1) is 7.14. The minimum atomic E-state index is 1.11. The third-order valence-corrected chi connectivity index (χ3v) is 1.63. The van der Waals surface area contributed by atoms with Crippen LogP contribution in [0, 0.1) is 16.3 Å². The lowest BCUT2D eigenvalue weighted by Crippen LogP contribution is -1.88. The van der Waals surface area contributed by atoms with Crippen molar-refractivity contribution in [3.05, 3.63) is 18.1 Å². The third-order valence-electron chi connectivity index (χ3n) is 1.36. The second-order valence-electron chi connectivity index (χ2n) is 2.01. The summed E-state index contributed by atoms with van der Waals surface area (Å²) in [4.78, 5) is 0. The first-order valence-electron chi connectivity index (χ1n) is 3.06. The summed E-state index contributed by atoms with van der Waals surface area (Å²) in [5.41, 5.74) is 1.31. The van der Waals surface area contributed by atoms with E-state index in [0.717, 1.165) is 12.8 Å². The lowest BCUT2D eigenvalue weighted by atomic mass is 10.0. The molecule has 0 bridgehead atoms. The van der Waals surface area contributed by atoms with E-state index in [1.54, 1.807) is 0 Å². The molecule has 0 heterocycles. The van der Waals surface area contributed by atoms with Crippen LogP contribution >= 0.6 is 22.6 Å². The van der Waals surface area contributed by atoms with Gasteiger partial charge in [0.15, 0.2) is 0 Å². The van der Waals surface area contributed by atoms with E-state index in [0.29, 0.717) is 0 Å². The van der Waals surface area contributed by atoms with Crippen molar-refractivity contribution in [1.82, 2.24) is 0 Å². The Hall–Kier alpha value is 0.0300. The van der Waals surface area contributed by atoms with Gasteiger partial charge in [-0.05, 0) is 35.2 Å². The van der Waals surface area contributed by atoms with Crippen LogP contribution in [0.3, 0.4) is 0 Å². The molecule has 0 aliphatic heterocycles. The minimum Gasteiger partial charge on any atom is -0.0726 e. The van der Waals surface area contributed by atoms with E-state index in [2.05, 4.69) is 44.9 Å². The fraction of sp³-hybridized carbons (Fsp3) is 0.375. The van der Waals surface area contributed by atoms with Gasteiger partial charge in [0.05, 0.1) is 0 Å². The molecule has 0 saturated heterocycles. The Labute approximate surface area is 69.9 Å². The monoisotopic (exact) mass is 231 g/mol. The fourth-order valence-corrected chi connectivity index (χ4v) is 1.22. The van der Waals surface area contributed by atoms with E-state index in [-0.39, 0.29) is 0 Å². The van der Waals surface area contributed by atoms with Crippen molar-refractivity contribution in [2.45, 2.75) is 19.3 Å². The Morgan fingerprint density at radius 2 is 2.44 bits per heavy atom. The van der Waals surface area contributed by atoms with E-state index >= 15 is 0 Å². The normalized spacial score (nSPS) is 17.7. The molecule has 0 unspecified atom stereocenters. The number of hydrogen-bond donors (Lipinski definition) is 0. The first-order valence-corrected chi connectivity index (χ1v) is 4.13. The summed E-state index contributed by atoms with van der Waals surface area (Å²) in [6.07, 6.45) is 7.96. The highest BCUT2D eigenvalue weighted by molar-refractivity contribution is 14.1. The minimum absolute atomic E-state index is 1.11. The van der Waals surface area contributed by atoms with Gasteiger partial charge in [0.1, 0.15) is 0 Å². The van der Waals surface area contributed by atoms with Crippen molar-refractivity contribution in [1.29, 1.82) is 0 Å². The average molecular weight is 231 g/mol. The van der Waals surface area contributed by atoms with Crippen LogP contribution in [-0.2, 0) is 0 Å². The maximum absolute atomic E-state index is 3.06. The molecule has 0 aromatic rings. The standard InChI is InChI=1S/C8H8I/c9-7-6-8-4-2-1-3-5-8/h1,4H,2-3,5H2. The molecule has 0 fully saturated rings. The molecule has 1 rings (SSSR count). The highest BCUT2D eigenvalue weighted by atomic mass is 127. The average Bonchev–Trinajstić information content (AvgIpc) is 1.91. The molecule has 0 atom stereocenters. The second kappa shape index (κ2) is 3.94. The summed E-state index contributed by atoms with van der Waals surface area (Å²) in [7, 11) is 0. The highest BCUT2D eigenvalue weighted by Crippen LogP contribution is 2.15. The Bertz CT molecular complexity index is 169. The van der Waals surface area contributed by atoms with Crippen LogP contribution in [0.1, 0.15) is 19.3 Å². The van der Waals surface area contributed by atoms with Crippen LogP contribution in [-0.4, -0.2) is 0 Å². The van der Waals surface area contributed by atoms with Crippen molar-refractivity contribution < 1.29 is 0 Å². The summed E-state index contributed by atoms with van der Waals surface area (Å²) < 4.78 is 2.88. The predicted molar refractivity (Wildman–Crippen MR) is 48.0 cm³/mol. The Balaban J connectivity index is 2.53.